The lowest BCUT2D eigenvalue weighted by Gasteiger charge is -2.07. The topological polar surface area (TPSA) is 128 Å². The fourth-order valence-corrected chi connectivity index (χ4v) is 1.94. The van der Waals surface area contributed by atoms with Crippen LogP contribution in [0.4, 0.5) is 17.1 Å². The van der Waals surface area contributed by atoms with Gasteiger partial charge in [0.1, 0.15) is 17.4 Å². The van der Waals surface area contributed by atoms with Crippen LogP contribution in [0.3, 0.4) is 0 Å². The number of carbonyl (C=O) groups is 1. The molecule has 0 saturated heterocycles. The predicted molar refractivity (Wildman–Crippen MR) is 92.2 cm³/mol. The first-order valence-corrected chi connectivity index (χ1v) is 7.19. The number of phenolic OH excluding ortho intramolecular Hbond substituents is 1. The molecule has 0 saturated carbocycles. The second kappa shape index (κ2) is 7.81. The summed E-state index contributed by atoms with van der Waals surface area (Å²) in [5, 5.41) is 34.3. The van der Waals surface area contributed by atoms with Gasteiger partial charge in [0.2, 0.25) is 0 Å². The molecule has 0 aliphatic rings. The summed E-state index contributed by atoms with van der Waals surface area (Å²) in [6.45, 7) is 0. The van der Waals surface area contributed by atoms with Crippen LogP contribution in [0.15, 0.2) is 54.2 Å². The third kappa shape index (κ3) is 4.70. The molecule has 0 spiro atoms. The number of nitriles is 1. The molecule has 0 aliphatic heterocycles. The molecular formula is C16H11ClN4O4. The molecule has 126 valence electrons. The van der Waals surface area contributed by atoms with Gasteiger partial charge in [-0.3, -0.25) is 14.9 Å². The third-order valence-corrected chi connectivity index (χ3v) is 3.35. The Morgan fingerprint density at radius 1 is 1.28 bits per heavy atom. The van der Waals surface area contributed by atoms with E-state index in [0.29, 0.717) is 5.69 Å². The van der Waals surface area contributed by atoms with Gasteiger partial charge in [-0.25, -0.2) is 0 Å². The number of hydrogen-bond acceptors (Lipinski definition) is 6. The van der Waals surface area contributed by atoms with Gasteiger partial charge in [-0.05, 0) is 30.3 Å². The minimum absolute atomic E-state index is 0.0200. The molecule has 0 aliphatic carbocycles. The van der Waals surface area contributed by atoms with Gasteiger partial charge in [-0.15, -0.1) is 0 Å². The van der Waals surface area contributed by atoms with Crippen LogP contribution in [0.5, 0.6) is 5.75 Å². The molecule has 25 heavy (non-hydrogen) atoms. The van der Waals surface area contributed by atoms with Crippen molar-refractivity contribution in [3.63, 3.8) is 0 Å². The third-order valence-electron chi connectivity index (χ3n) is 3.02. The molecule has 0 bridgehead atoms. The van der Waals surface area contributed by atoms with E-state index in [0.717, 1.165) is 6.07 Å². The van der Waals surface area contributed by atoms with E-state index in [1.54, 1.807) is 18.2 Å². The fourth-order valence-electron chi connectivity index (χ4n) is 1.77. The molecule has 2 aromatic rings. The number of carbonyl (C=O) groups excluding carboxylic acids is 1. The number of anilines is 2. The van der Waals surface area contributed by atoms with Gasteiger partial charge >= 0.3 is 0 Å². The monoisotopic (exact) mass is 358 g/mol. The smallest absolute Gasteiger partial charge is 0.271 e. The number of nitro groups is 1. The van der Waals surface area contributed by atoms with Crippen molar-refractivity contribution >= 4 is 34.6 Å². The standard InChI is InChI=1S/C16H11ClN4O4/c17-14-6-3-12(21(24)25)7-15(14)20-16(23)10(8-18)9-19-11-1-4-13(22)5-2-11/h1-7,9,19,22H,(H,20,23)/b10-9-. The zero-order valence-electron chi connectivity index (χ0n) is 12.6. The number of benzene rings is 2. The second-order valence-corrected chi connectivity index (χ2v) is 5.14. The summed E-state index contributed by atoms with van der Waals surface area (Å²) in [4.78, 5) is 22.3. The van der Waals surface area contributed by atoms with Gasteiger partial charge < -0.3 is 15.7 Å². The highest BCUT2D eigenvalue weighted by molar-refractivity contribution is 6.34. The first-order chi connectivity index (χ1) is 11.9. The van der Waals surface area contributed by atoms with Gasteiger partial charge in [0.15, 0.2) is 0 Å². The van der Waals surface area contributed by atoms with E-state index in [2.05, 4.69) is 10.6 Å². The normalized spacial score (nSPS) is 10.6. The second-order valence-electron chi connectivity index (χ2n) is 4.74. The molecule has 2 rings (SSSR count). The van der Waals surface area contributed by atoms with E-state index in [-0.39, 0.29) is 27.7 Å². The van der Waals surface area contributed by atoms with Crippen molar-refractivity contribution in [2.45, 2.75) is 0 Å². The summed E-state index contributed by atoms with van der Waals surface area (Å²) in [5.74, 6) is -0.704. The molecule has 9 heteroatoms. The highest BCUT2D eigenvalue weighted by Crippen LogP contribution is 2.27. The molecule has 1 amide bonds. The van der Waals surface area contributed by atoms with Crippen LogP contribution in [0.25, 0.3) is 0 Å². The first kappa shape index (κ1) is 17.8. The Balaban J connectivity index is 2.16. The molecule has 0 radical (unpaired) electrons. The summed E-state index contributed by atoms with van der Waals surface area (Å²) < 4.78 is 0. The van der Waals surface area contributed by atoms with Crippen LogP contribution in [0.2, 0.25) is 5.02 Å². The minimum atomic E-state index is -0.781. The zero-order chi connectivity index (χ0) is 18.4. The molecule has 0 fully saturated rings. The Morgan fingerprint density at radius 3 is 2.56 bits per heavy atom. The molecule has 0 atom stereocenters. The van der Waals surface area contributed by atoms with E-state index >= 15 is 0 Å². The highest BCUT2D eigenvalue weighted by Gasteiger charge is 2.15. The lowest BCUT2D eigenvalue weighted by Crippen LogP contribution is -2.15. The maximum Gasteiger partial charge on any atom is 0.271 e. The molecule has 8 nitrogen and oxygen atoms in total. The van der Waals surface area contributed by atoms with Crippen LogP contribution in [-0.4, -0.2) is 15.9 Å². The Morgan fingerprint density at radius 2 is 1.96 bits per heavy atom. The van der Waals surface area contributed by atoms with Crippen molar-refractivity contribution in [3.8, 4) is 11.8 Å². The SMILES string of the molecule is N#C/C(=C/Nc1ccc(O)cc1)C(=O)Nc1cc([N+](=O)[O-])ccc1Cl. The molecular weight excluding hydrogens is 348 g/mol. The number of nitro benzene ring substituents is 1. The van der Waals surface area contributed by atoms with Gasteiger partial charge in [0.25, 0.3) is 11.6 Å². The van der Waals surface area contributed by atoms with Crippen molar-refractivity contribution in [1.29, 1.82) is 5.26 Å². The number of nitrogens with zero attached hydrogens (tertiary/aromatic N) is 2. The van der Waals surface area contributed by atoms with Crippen LogP contribution in [-0.2, 0) is 4.79 Å². The largest absolute Gasteiger partial charge is 0.508 e. The zero-order valence-corrected chi connectivity index (χ0v) is 13.3. The van der Waals surface area contributed by atoms with E-state index in [4.69, 9.17) is 16.9 Å². The fraction of sp³-hybridized carbons (Fsp3) is 0. The van der Waals surface area contributed by atoms with Gasteiger partial charge in [-0.2, -0.15) is 5.26 Å². The average molecular weight is 359 g/mol. The molecule has 2 aromatic carbocycles. The average Bonchev–Trinajstić information content (AvgIpc) is 2.58. The number of amides is 1. The Labute approximate surface area is 147 Å². The molecule has 0 aromatic heterocycles. The van der Waals surface area contributed by atoms with E-state index in [1.807, 2.05) is 0 Å². The summed E-state index contributed by atoms with van der Waals surface area (Å²) in [5.41, 5.74) is 0.0541. The molecule has 0 heterocycles. The maximum atomic E-state index is 12.1. The number of halogens is 1. The predicted octanol–water partition coefficient (Wildman–Crippen LogP) is 3.41. The Kier molecular flexibility index (Phi) is 5.55. The van der Waals surface area contributed by atoms with Crippen molar-refractivity contribution in [2.24, 2.45) is 0 Å². The Bertz CT molecular complexity index is 888. The summed E-state index contributed by atoms with van der Waals surface area (Å²) in [6, 6.07) is 11.3. The number of phenols is 1. The summed E-state index contributed by atoms with van der Waals surface area (Å²) in [6.07, 6.45) is 1.17. The van der Waals surface area contributed by atoms with Crippen LogP contribution < -0.4 is 10.6 Å². The van der Waals surface area contributed by atoms with E-state index in [9.17, 15) is 20.0 Å². The lowest BCUT2D eigenvalue weighted by atomic mass is 10.2. The van der Waals surface area contributed by atoms with Crippen molar-refractivity contribution < 1.29 is 14.8 Å². The van der Waals surface area contributed by atoms with Crippen molar-refractivity contribution in [3.05, 3.63) is 69.4 Å². The van der Waals surface area contributed by atoms with E-state index < -0.39 is 10.8 Å². The van der Waals surface area contributed by atoms with E-state index in [1.165, 1.54) is 30.5 Å². The molecule has 0 unspecified atom stereocenters. The first-order valence-electron chi connectivity index (χ1n) is 6.82. The summed E-state index contributed by atoms with van der Waals surface area (Å²) >= 11 is 5.90. The lowest BCUT2D eigenvalue weighted by molar-refractivity contribution is -0.384. The van der Waals surface area contributed by atoms with Crippen LogP contribution in [0, 0.1) is 21.4 Å². The maximum absolute atomic E-state index is 12.1. The summed E-state index contributed by atoms with van der Waals surface area (Å²) in [7, 11) is 0. The quantitative estimate of drug-likeness (QED) is 0.247. The van der Waals surface area contributed by atoms with Crippen LogP contribution in [0.1, 0.15) is 0 Å². The van der Waals surface area contributed by atoms with Gasteiger partial charge in [0.05, 0.1) is 15.6 Å². The van der Waals surface area contributed by atoms with Gasteiger partial charge in [0, 0.05) is 24.0 Å². The number of non-ortho nitro benzene ring substituents is 1. The highest BCUT2D eigenvalue weighted by atomic mass is 35.5. The number of nitrogens with one attached hydrogen (secondary N) is 2. The Hall–Kier alpha value is -3.57. The number of hydrogen-bond donors (Lipinski definition) is 3. The number of rotatable bonds is 5. The van der Waals surface area contributed by atoms with Crippen molar-refractivity contribution in [1.82, 2.24) is 0 Å². The molecule has 3 N–H and O–H groups in total. The van der Waals surface area contributed by atoms with Gasteiger partial charge in [-0.1, -0.05) is 11.6 Å². The number of aromatic hydroxyl groups is 1. The minimum Gasteiger partial charge on any atom is -0.508 e. The van der Waals surface area contributed by atoms with Crippen LogP contribution >= 0.6 is 11.6 Å². The van der Waals surface area contributed by atoms with Crippen molar-refractivity contribution in [2.75, 3.05) is 10.6 Å².